The Bertz CT molecular complexity index is 120. The topological polar surface area (TPSA) is 40.5 Å². The molecule has 1 fully saturated rings. The van der Waals surface area contributed by atoms with E-state index in [9.17, 15) is 4.79 Å². The van der Waals surface area contributed by atoms with Crippen molar-refractivity contribution in [3.8, 4) is 0 Å². The van der Waals surface area contributed by atoms with Gasteiger partial charge in [0, 0.05) is 13.1 Å². The molecule has 3 nitrogen and oxygen atoms in total. The first-order chi connectivity index (χ1) is 4.22. The molecule has 0 bridgehead atoms. The molecule has 1 aliphatic rings. The Morgan fingerprint density at radius 3 is 2.33 bits per heavy atom. The zero-order chi connectivity index (χ0) is 6.85. The molecule has 1 N–H and O–H groups in total. The highest BCUT2D eigenvalue weighted by Gasteiger charge is 2.24. The molecule has 0 aromatic rings. The standard InChI is InChI=1S/C6H11NO2/c1-5(6(8)9)7-3-2-4-7/h5H,2-4H2,1H3,(H,8,9)/t5-/m0/s1. The summed E-state index contributed by atoms with van der Waals surface area (Å²) in [4.78, 5) is 12.2. The van der Waals surface area contributed by atoms with Crippen molar-refractivity contribution in [2.24, 2.45) is 0 Å². The molecular formula is C6H11NO2. The normalized spacial score (nSPS) is 22.8. The zero-order valence-electron chi connectivity index (χ0n) is 5.50. The van der Waals surface area contributed by atoms with Crippen LogP contribution in [-0.2, 0) is 4.79 Å². The van der Waals surface area contributed by atoms with Crippen molar-refractivity contribution >= 4 is 5.97 Å². The Labute approximate surface area is 54.3 Å². The van der Waals surface area contributed by atoms with E-state index in [-0.39, 0.29) is 6.04 Å². The van der Waals surface area contributed by atoms with Crippen LogP contribution >= 0.6 is 0 Å². The van der Waals surface area contributed by atoms with Crippen molar-refractivity contribution in [2.45, 2.75) is 19.4 Å². The lowest BCUT2D eigenvalue weighted by atomic mass is 10.1. The predicted molar refractivity (Wildman–Crippen MR) is 33.3 cm³/mol. The van der Waals surface area contributed by atoms with Crippen LogP contribution in [0.2, 0.25) is 0 Å². The molecule has 0 aromatic carbocycles. The van der Waals surface area contributed by atoms with Gasteiger partial charge in [0.25, 0.3) is 0 Å². The fourth-order valence-corrected chi connectivity index (χ4v) is 0.884. The Kier molecular flexibility index (Phi) is 1.71. The van der Waals surface area contributed by atoms with Crippen LogP contribution in [0.4, 0.5) is 0 Å². The van der Waals surface area contributed by atoms with Gasteiger partial charge in [0.2, 0.25) is 0 Å². The maximum absolute atomic E-state index is 10.3. The molecule has 9 heavy (non-hydrogen) atoms. The lowest BCUT2D eigenvalue weighted by Crippen LogP contribution is -2.47. The summed E-state index contributed by atoms with van der Waals surface area (Å²) in [5.41, 5.74) is 0. The van der Waals surface area contributed by atoms with Gasteiger partial charge >= 0.3 is 5.97 Å². The van der Waals surface area contributed by atoms with Crippen molar-refractivity contribution in [2.75, 3.05) is 13.1 Å². The zero-order valence-corrected chi connectivity index (χ0v) is 5.50. The van der Waals surface area contributed by atoms with Gasteiger partial charge in [-0.1, -0.05) is 0 Å². The highest BCUT2D eigenvalue weighted by Crippen LogP contribution is 2.10. The van der Waals surface area contributed by atoms with E-state index in [1.807, 2.05) is 4.90 Å². The highest BCUT2D eigenvalue weighted by atomic mass is 16.4. The van der Waals surface area contributed by atoms with Crippen LogP contribution in [0.15, 0.2) is 0 Å². The van der Waals surface area contributed by atoms with Gasteiger partial charge in [-0.15, -0.1) is 0 Å². The number of nitrogens with zero attached hydrogens (tertiary/aromatic N) is 1. The molecule has 3 heteroatoms. The molecule has 52 valence electrons. The fourth-order valence-electron chi connectivity index (χ4n) is 0.884. The first kappa shape index (κ1) is 6.55. The Balaban J connectivity index is 2.32. The second-order valence-electron chi connectivity index (χ2n) is 2.40. The molecule has 1 saturated heterocycles. The van der Waals surface area contributed by atoms with Crippen LogP contribution in [0.1, 0.15) is 13.3 Å². The van der Waals surface area contributed by atoms with Crippen LogP contribution in [0, 0.1) is 0 Å². The quantitative estimate of drug-likeness (QED) is 0.577. The van der Waals surface area contributed by atoms with E-state index in [0.29, 0.717) is 0 Å². The van der Waals surface area contributed by atoms with Crippen molar-refractivity contribution in [1.29, 1.82) is 0 Å². The van der Waals surface area contributed by atoms with Crippen LogP contribution in [0.5, 0.6) is 0 Å². The van der Waals surface area contributed by atoms with Gasteiger partial charge in [0.1, 0.15) is 6.04 Å². The number of carbonyl (C=O) groups is 1. The van der Waals surface area contributed by atoms with E-state index < -0.39 is 5.97 Å². The Hall–Kier alpha value is -0.570. The lowest BCUT2D eigenvalue weighted by Gasteiger charge is -2.33. The van der Waals surface area contributed by atoms with E-state index in [0.717, 1.165) is 19.5 Å². The minimum Gasteiger partial charge on any atom is -0.480 e. The molecule has 0 spiro atoms. The predicted octanol–water partition coefficient (Wildman–Crippen LogP) is 0.165. The van der Waals surface area contributed by atoms with Crippen molar-refractivity contribution in [3.05, 3.63) is 0 Å². The largest absolute Gasteiger partial charge is 0.480 e. The summed E-state index contributed by atoms with van der Waals surface area (Å²) in [5, 5.41) is 8.48. The first-order valence-corrected chi connectivity index (χ1v) is 3.18. The second kappa shape index (κ2) is 2.35. The number of hydrogen-bond acceptors (Lipinski definition) is 2. The third-order valence-electron chi connectivity index (χ3n) is 1.80. The highest BCUT2D eigenvalue weighted by molar-refractivity contribution is 5.72. The molecule has 1 heterocycles. The van der Waals surface area contributed by atoms with Gasteiger partial charge in [0.15, 0.2) is 0 Å². The van der Waals surface area contributed by atoms with E-state index in [4.69, 9.17) is 5.11 Å². The Morgan fingerprint density at radius 2 is 2.22 bits per heavy atom. The fraction of sp³-hybridized carbons (Fsp3) is 0.833. The monoisotopic (exact) mass is 129 g/mol. The maximum atomic E-state index is 10.3. The molecule has 0 radical (unpaired) electrons. The lowest BCUT2D eigenvalue weighted by molar-refractivity contribution is -0.144. The molecule has 1 rings (SSSR count). The van der Waals surface area contributed by atoms with Gasteiger partial charge in [-0.05, 0) is 13.3 Å². The number of likely N-dealkylation sites (tertiary alicyclic amines) is 1. The van der Waals surface area contributed by atoms with Crippen molar-refractivity contribution in [3.63, 3.8) is 0 Å². The molecule has 0 aliphatic carbocycles. The van der Waals surface area contributed by atoms with Crippen LogP contribution < -0.4 is 0 Å². The molecule has 1 atom stereocenters. The van der Waals surface area contributed by atoms with Gasteiger partial charge in [-0.3, -0.25) is 9.69 Å². The smallest absolute Gasteiger partial charge is 0.320 e. The number of aliphatic carboxylic acids is 1. The second-order valence-corrected chi connectivity index (χ2v) is 2.40. The summed E-state index contributed by atoms with van der Waals surface area (Å²) in [5.74, 6) is -0.713. The summed E-state index contributed by atoms with van der Waals surface area (Å²) >= 11 is 0. The number of carboxylic acids is 1. The summed E-state index contributed by atoms with van der Waals surface area (Å²) < 4.78 is 0. The summed E-state index contributed by atoms with van der Waals surface area (Å²) in [6.45, 7) is 3.63. The van der Waals surface area contributed by atoms with Crippen molar-refractivity contribution in [1.82, 2.24) is 4.90 Å². The SMILES string of the molecule is C[C@@H](C(=O)O)N1CCC1. The first-order valence-electron chi connectivity index (χ1n) is 3.18. The van der Waals surface area contributed by atoms with Crippen LogP contribution in [0.3, 0.4) is 0 Å². The van der Waals surface area contributed by atoms with Gasteiger partial charge in [-0.25, -0.2) is 0 Å². The van der Waals surface area contributed by atoms with Crippen LogP contribution in [-0.4, -0.2) is 35.1 Å². The van der Waals surface area contributed by atoms with E-state index in [1.54, 1.807) is 6.92 Å². The summed E-state index contributed by atoms with van der Waals surface area (Å²) in [6, 6.07) is -0.279. The van der Waals surface area contributed by atoms with Crippen molar-refractivity contribution < 1.29 is 9.90 Å². The van der Waals surface area contributed by atoms with Gasteiger partial charge < -0.3 is 5.11 Å². The number of carboxylic acid groups (broad SMARTS) is 1. The van der Waals surface area contributed by atoms with Gasteiger partial charge in [0.05, 0.1) is 0 Å². The minimum atomic E-state index is -0.713. The van der Waals surface area contributed by atoms with E-state index in [2.05, 4.69) is 0 Å². The average Bonchev–Trinajstić information content (AvgIpc) is 1.60. The molecule has 0 saturated carbocycles. The number of rotatable bonds is 2. The Morgan fingerprint density at radius 1 is 1.67 bits per heavy atom. The summed E-state index contributed by atoms with van der Waals surface area (Å²) in [7, 11) is 0. The molecule has 0 aromatic heterocycles. The van der Waals surface area contributed by atoms with E-state index in [1.165, 1.54) is 0 Å². The number of hydrogen-bond donors (Lipinski definition) is 1. The molecule has 1 aliphatic heterocycles. The minimum absolute atomic E-state index is 0.279. The molecular weight excluding hydrogens is 118 g/mol. The average molecular weight is 129 g/mol. The summed E-state index contributed by atoms with van der Waals surface area (Å²) in [6.07, 6.45) is 1.15. The van der Waals surface area contributed by atoms with Gasteiger partial charge in [-0.2, -0.15) is 0 Å². The molecule has 0 unspecified atom stereocenters. The third-order valence-corrected chi connectivity index (χ3v) is 1.80. The maximum Gasteiger partial charge on any atom is 0.320 e. The third kappa shape index (κ3) is 1.21. The van der Waals surface area contributed by atoms with Crippen LogP contribution in [0.25, 0.3) is 0 Å². The van der Waals surface area contributed by atoms with E-state index >= 15 is 0 Å². The molecule has 0 amide bonds.